The van der Waals surface area contributed by atoms with Crippen molar-refractivity contribution in [1.82, 2.24) is 0 Å². The molecule has 13 heavy (non-hydrogen) atoms. The van der Waals surface area contributed by atoms with E-state index in [2.05, 4.69) is 4.52 Å². The molecule has 0 aromatic heterocycles. The van der Waals surface area contributed by atoms with Crippen molar-refractivity contribution in [3.63, 3.8) is 0 Å². The molecule has 0 aliphatic heterocycles. The van der Waals surface area contributed by atoms with Gasteiger partial charge in [-0.05, 0) is 12.8 Å². The van der Waals surface area contributed by atoms with Crippen molar-refractivity contribution in [1.29, 1.82) is 0 Å². The van der Waals surface area contributed by atoms with Gasteiger partial charge < -0.3 is 14.9 Å². The molecule has 80 valence electrons. The van der Waals surface area contributed by atoms with Crippen LogP contribution in [0.1, 0.15) is 32.1 Å². The Balaban J connectivity index is 3.04. The zero-order valence-electron chi connectivity index (χ0n) is 7.56. The van der Waals surface area contributed by atoms with Gasteiger partial charge in [0.1, 0.15) is 0 Å². The molecule has 0 atom stereocenters. The third kappa shape index (κ3) is 12.1. The van der Waals surface area contributed by atoms with Crippen LogP contribution in [0, 0.1) is 0 Å². The van der Waals surface area contributed by atoms with Gasteiger partial charge in [0.15, 0.2) is 0 Å². The standard InChI is InChI=1S/C7H17O5P/c8-6-4-2-1-3-5-7-12-13(9,10)11/h8H,1-7H2,(H2,9,10,11). The van der Waals surface area contributed by atoms with Crippen molar-refractivity contribution in [2.45, 2.75) is 32.1 Å². The van der Waals surface area contributed by atoms with E-state index in [-0.39, 0.29) is 13.2 Å². The van der Waals surface area contributed by atoms with Gasteiger partial charge >= 0.3 is 7.82 Å². The second kappa shape index (κ2) is 7.47. The predicted octanol–water partition coefficient (Wildman–Crippen LogP) is 1.04. The highest BCUT2D eigenvalue weighted by Crippen LogP contribution is 2.35. The van der Waals surface area contributed by atoms with Gasteiger partial charge in [-0.15, -0.1) is 0 Å². The first-order chi connectivity index (χ1) is 6.06. The largest absolute Gasteiger partial charge is 0.469 e. The van der Waals surface area contributed by atoms with E-state index in [9.17, 15) is 4.57 Å². The number of phosphoric ester groups is 1. The Bertz CT molecular complexity index is 155. The van der Waals surface area contributed by atoms with E-state index >= 15 is 0 Å². The lowest BCUT2D eigenvalue weighted by Crippen LogP contribution is -1.92. The molecule has 0 aromatic rings. The van der Waals surface area contributed by atoms with Crippen molar-refractivity contribution < 1.29 is 24.0 Å². The maximum atomic E-state index is 10.2. The fraction of sp³-hybridized carbons (Fsp3) is 1.00. The molecule has 0 aliphatic rings. The van der Waals surface area contributed by atoms with E-state index in [1.807, 2.05) is 0 Å². The summed E-state index contributed by atoms with van der Waals surface area (Å²) in [6, 6.07) is 0. The molecule has 0 bridgehead atoms. The van der Waals surface area contributed by atoms with Crippen LogP contribution >= 0.6 is 7.82 Å². The quantitative estimate of drug-likeness (QED) is 0.413. The molecule has 0 fully saturated rings. The first-order valence-electron chi connectivity index (χ1n) is 4.37. The maximum absolute atomic E-state index is 10.2. The second-order valence-electron chi connectivity index (χ2n) is 2.82. The summed E-state index contributed by atoms with van der Waals surface area (Å²) in [6.45, 7) is 0.308. The third-order valence-corrected chi connectivity index (χ3v) is 2.08. The predicted molar refractivity (Wildman–Crippen MR) is 48.2 cm³/mol. The second-order valence-corrected chi connectivity index (χ2v) is 4.05. The minimum Gasteiger partial charge on any atom is -0.396 e. The molecule has 0 unspecified atom stereocenters. The highest BCUT2D eigenvalue weighted by Gasteiger charge is 2.12. The average Bonchev–Trinajstić information content (AvgIpc) is 2.01. The third-order valence-electron chi connectivity index (χ3n) is 1.56. The van der Waals surface area contributed by atoms with E-state index in [1.54, 1.807) is 0 Å². The van der Waals surface area contributed by atoms with Gasteiger partial charge in [-0.3, -0.25) is 4.52 Å². The smallest absolute Gasteiger partial charge is 0.396 e. The minimum absolute atomic E-state index is 0.101. The summed E-state index contributed by atoms with van der Waals surface area (Å²) >= 11 is 0. The first kappa shape index (κ1) is 13.1. The summed E-state index contributed by atoms with van der Waals surface area (Å²) in [5.74, 6) is 0. The van der Waals surface area contributed by atoms with E-state index < -0.39 is 7.82 Å². The summed E-state index contributed by atoms with van der Waals surface area (Å²) in [5, 5.41) is 8.45. The molecule has 0 rings (SSSR count). The van der Waals surface area contributed by atoms with Gasteiger partial charge in [-0.2, -0.15) is 0 Å². The molecule has 0 amide bonds. The minimum atomic E-state index is -4.27. The Morgan fingerprint density at radius 1 is 1.00 bits per heavy atom. The van der Waals surface area contributed by atoms with Crippen molar-refractivity contribution >= 4 is 7.82 Å². The zero-order valence-corrected chi connectivity index (χ0v) is 8.45. The van der Waals surface area contributed by atoms with E-state index in [0.717, 1.165) is 25.7 Å². The first-order valence-corrected chi connectivity index (χ1v) is 5.90. The van der Waals surface area contributed by atoms with Crippen LogP contribution in [0.4, 0.5) is 0 Å². The number of aliphatic hydroxyl groups excluding tert-OH is 1. The Morgan fingerprint density at radius 2 is 1.54 bits per heavy atom. The topological polar surface area (TPSA) is 87.0 Å². The van der Waals surface area contributed by atoms with Gasteiger partial charge in [0, 0.05) is 6.61 Å². The zero-order chi connectivity index (χ0) is 10.2. The summed E-state index contributed by atoms with van der Waals surface area (Å²) in [5.41, 5.74) is 0. The summed E-state index contributed by atoms with van der Waals surface area (Å²) in [4.78, 5) is 16.6. The summed E-state index contributed by atoms with van der Waals surface area (Å²) in [7, 11) is -4.27. The van der Waals surface area contributed by atoms with Crippen molar-refractivity contribution in [3.05, 3.63) is 0 Å². The van der Waals surface area contributed by atoms with Gasteiger partial charge in [-0.25, -0.2) is 4.57 Å². The molecular weight excluding hydrogens is 195 g/mol. The average molecular weight is 212 g/mol. The van der Waals surface area contributed by atoms with Crippen LogP contribution in [0.2, 0.25) is 0 Å². The van der Waals surface area contributed by atoms with E-state index in [0.29, 0.717) is 6.42 Å². The summed E-state index contributed by atoms with van der Waals surface area (Å²) < 4.78 is 14.5. The van der Waals surface area contributed by atoms with E-state index in [4.69, 9.17) is 14.9 Å². The monoisotopic (exact) mass is 212 g/mol. The number of hydrogen-bond acceptors (Lipinski definition) is 3. The Labute approximate surface area is 78.0 Å². The van der Waals surface area contributed by atoms with Crippen LogP contribution < -0.4 is 0 Å². The van der Waals surface area contributed by atoms with Crippen LogP contribution in [-0.4, -0.2) is 28.1 Å². The molecular formula is C7H17O5P. The number of hydrogen-bond donors (Lipinski definition) is 3. The maximum Gasteiger partial charge on any atom is 0.469 e. The molecule has 0 spiro atoms. The van der Waals surface area contributed by atoms with Gasteiger partial charge in [-0.1, -0.05) is 19.3 Å². The van der Waals surface area contributed by atoms with Crippen LogP contribution in [0.5, 0.6) is 0 Å². The molecule has 3 N–H and O–H groups in total. The lowest BCUT2D eigenvalue weighted by Gasteiger charge is -2.04. The Hall–Kier alpha value is 0.0700. The number of aliphatic hydroxyl groups is 1. The van der Waals surface area contributed by atoms with Gasteiger partial charge in [0.2, 0.25) is 0 Å². The fourth-order valence-electron chi connectivity index (χ4n) is 0.928. The number of unbranched alkanes of at least 4 members (excludes halogenated alkanes) is 4. The molecule has 0 aliphatic carbocycles. The Morgan fingerprint density at radius 3 is 2.08 bits per heavy atom. The fourth-order valence-corrected chi connectivity index (χ4v) is 1.29. The van der Waals surface area contributed by atoms with Crippen LogP contribution in [-0.2, 0) is 9.09 Å². The van der Waals surface area contributed by atoms with Crippen LogP contribution in [0.25, 0.3) is 0 Å². The lowest BCUT2D eigenvalue weighted by atomic mass is 10.2. The highest BCUT2D eigenvalue weighted by atomic mass is 31.2. The van der Waals surface area contributed by atoms with Crippen molar-refractivity contribution in [2.75, 3.05) is 13.2 Å². The van der Waals surface area contributed by atoms with Crippen molar-refractivity contribution in [2.24, 2.45) is 0 Å². The molecule has 0 saturated carbocycles. The van der Waals surface area contributed by atoms with E-state index in [1.165, 1.54) is 0 Å². The Kier molecular flexibility index (Phi) is 7.51. The molecule has 0 heterocycles. The van der Waals surface area contributed by atoms with Crippen LogP contribution in [0.3, 0.4) is 0 Å². The number of phosphoric acid groups is 1. The van der Waals surface area contributed by atoms with Crippen molar-refractivity contribution in [3.8, 4) is 0 Å². The summed E-state index contributed by atoms with van der Waals surface area (Å²) in [6.07, 6.45) is 4.23. The molecule has 0 saturated heterocycles. The van der Waals surface area contributed by atoms with Crippen LogP contribution in [0.15, 0.2) is 0 Å². The molecule has 0 aromatic carbocycles. The normalized spacial score (nSPS) is 11.9. The van der Waals surface area contributed by atoms with Gasteiger partial charge in [0.05, 0.1) is 6.61 Å². The number of rotatable bonds is 8. The molecule has 0 radical (unpaired) electrons. The highest BCUT2D eigenvalue weighted by molar-refractivity contribution is 7.46. The van der Waals surface area contributed by atoms with Gasteiger partial charge in [0.25, 0.3) is 0 Å². The molecule has 5 nitrogen and oxygen atoms in total. The SMILES string of the molecule is O=P(O)(O)OCCCCCCCO. The lowest BCUT2D eigenvalue weighted by molar-refractivity contribution is 0.193. The molecule has 6 heteroatoms.